The van der Waals surface area contributed by atoms with Gasteiger partial charge in [0, 0.05) is 31.1 Å². The van der Waals surface area contributed by atoms with Crippen molar-refractivity contribution in [2.45, 2.75) is 31.1 Å². The Labute approximate surface area is 125 Å². The van der Waals surface area contributed by atoms with E-state index in [1.54, 1.807) is 13.0 Å². The van der Waals surface area contributed by atoms with E-state index in [4.69, 9.17) is 15.6 Å². The molecule has 0 unspecified atom stereocenters. The van der Waals surface area contributed by atoms with E-state index in [1.165, 1.54) is 18.9 Å². The van der Waals surface area contributed by atoms with Crippen molar-refractivity contribution in [1.82, 2.24) is 0 Å². The third kappa shape index (κ3) is 4.87. The van der Waals surface area contributed by atoms with E-state index in [0.29, 0.717) is 30.1 Å². The lowest BCUT2D eigenvalue weighted by Gasteiger charge is -2.13. The van der Waals surface area contributed by atoms with Gasteiger partial charge in [-0.25, -0.2) is 13.6 Å². The van der Waals surface area contributed by atoms with Crippen LogP contribution in [0.1, 0.15) is 24.8 Å². The number of nitrogens with two attached hydrogens (primary N) is 2. The number of primary sulfonamides is 1. The van der Waals surface area contributed by atoms with E-state index >= 15 is 0 Å². The molecule has 1 fully saturated rings. The highest BCUT2D eigenvalue weighted by atomic mass is 32.2. The van der Waals surface area contributed by atoms with Crippen LogP contribution in [0.25, 0.3) is 0 Å². The SMILES string of the molecule is Cc1c(NCCCOCC2CC2)cc(N)cc1S(N)(=O)=O. The zero-order valence-electron chi connectivity index (χ0n) is 12.3. The van der Waals surface area contributed by atoms with Crippen LogP contribution in [-0.4, -0.2) is 28.2 Å². The minimum atomic E-state index is -3.76. The van der Waals surface area contributed by atoms with Crippen molar-refractivity contribution in [3.8, 4) is 0 Å². The Hall–Kier alpha value is -1.31. The quantitative estimate of drug-likeness (QED) is 0.497. The number of nitrogens with one attached hydrogen (secondary N) is 1. The number of sulfonamides is 1. The van der Waals surface area contributed by atoms with Gasteiger partial charge >= 0.3 is 0 Å². The Kier molecular flexibility index (Phi) is 5.08. The zero-order chi connectivity index (χ0) is 15.5. The van der Waals surface area contributed by atoms with Gasteiger partial charge in [0.2, 0.25) is 10.0 Å². The van der Waals surface area contributed by atoms with E-state index in [9.17, 15) is 8.42 Å². The summed E-state index contributed by atoms with van der Waals surface area (Å²) in [6.45, 7) is 3.96. The van der Waals surface area contributed by atoms with Crippen molar-refractivity contribution in [3.05, 3.63) is 17.7 Å². The van der Waals surface area contributed by atoms with Crippen LogP contribution >= 0.6 is 0 Å². The molecule has 2 rings (SSSR count). The molecule has 0 saturated heterocycles. The fraction of sp³-hybridized carbons (Fsp3) is 0.571. The van der Waals surface area contributed by atoms with Gasteiger partial charge < -0.3 is 15.8 Å². The summed E-state index contributed by atoms with van der Waals surface area (Å²) in [7, 11) is -3.76. The van der Waals surface area contributed by atoms with Gasteiger partial charge in [0.05, 0.1) is 4.90 Å². The number of rotatable bonds is 8. The van der Waals surface area contributed by atoms with E-state index < -0.39 is 10.0 Å². The maximum atomic E-state index is 11.5. The van der Waals surface area contributed by atoms with Crippen molar-refractivity contribution < 1.29 is 13.2 Å². The molecule has 1 aromatic rings. The van der Waals surface area contributed by atoms with Crippen LogP contribution in [0.3, 0.4) is 0 Å². The van der Waals surface area contributed by atoms with Gasteiger partial charge in [-0.2, -0.15) is 0 Å². The summed E-state index contributed by atoms with van der Waals surface area (Å²) in [5.74, 6) is 0.770. The van der Waals surface area contributed by atoms with E-state index in [2.05, 4.69) is 5.32 Å². The molecule has 5 N–H and O–H groups in total. The molecule has 0 bridgehead atoms. The first kappa shape index (κ1) is 16.1. The molecule has 1 saturated carbocycles. The molecule has 1 aromatic carbocycles. The summed E-state index contributed by atoms with van der Waals surface area (Å²) in [5.41, 5.74) is 7.39. The van der Waals surface area contributed by atoms with Gasteiger partial charge in [0.15, 0.2) is 0 Å². The second-order valence-corrected chi connectivity index (χ2v) is 7.07. The molecule has 118 valence electrons. The van der Waals surface area contributed by atoms with Gasteiger partial charge in [-0.05, 0) is 49.8 Å². The summed E-state index contributed by atoms with van der Waals surface area (Å²) in [4.78, 5) is 0.0648. The average molecular weight is 313 g/mol. The minimum Gasteiger partial charge on any atom is -0.399 e. The number of anilines is 2. The molecule has 0 spiro atoms. The van der Waals surface area contributed by atoms with Crippen LogP contribution in [0.5, 0.6) is 0 Å². The first-order valence-electron chi connectivity index (χ1n) is 7.12. The Bertz CT molecular complexity index is 598. The monoisotopic (exact) mass is 313 g/mol. The third-order valence-electron chi connectivity index (χ3n) is 3.52. The molecule has 0 heterocycles. The van der Waals surface area contributed by atoms with Crippen LogP contribution in [0.15, 0.2) is 17.0 Å². The Morgan fingerprint density at radius 1 is 1.38 bits per heavy atom. The summed E-state index contributed by atoms with van der Waals surface area (Å²) in [6, 6.07) is 3.10. The van der Waals surface area contributed by atoms with Crippen molar-refractivity contribution in [1.29, 1.82) is 0 Å². The highest BCUT2D eigenvalue weighted by molar-refractivity contribution is 7.89. The summed E-state index contributed by atoms with van der Waals surface area (Å²) in [5, 5.41) is 8.38. The van der Waals surface area contributed by atoms with E-state index in [1.807, 2.05) is 0 Å². The van der Waals surface area contributed by atoms with Gasteiger partial charge in [-0.3, -0.25) is 0 Å². The highest BCUT2D eigenvalue weighted by Gasteiger charge is 2.20. The minimum absolute atomic E-state index is 0.0648. The first-order valence-corrected chi connectivity index (χ1v) is 8.67. The number of hydrogen-bond acceptors (Lipinski definition) is 5. The number of ether oxygens (including phenoxy) is 1. The second kappa shape index (κ2) is 6.64. The predicted molar refractivity (Wildman–Crippen MR) is 83.6 cm³/mol. The normalized spacial score (nSPS) is 15.1. The molecule has 0 aromatic heterocycles. The number of nitrogen functional groups attached to an aromatic ring is 1. The summed E-state index contributed by atoms with van der Waals surface area (Å²) >= 11 is 0. The van der Waals surface area contributed by atoms with Crippen LogP contribution < -0.4 is 16.2 Å². The van der Waals surface area contributed by atoms with Crippen LogP contribution in [0.2, 0.25) is 0 Å². The lowest BCUT2D eigenvalue weighted by molar-refractivity contribution is 0.124. The van der Waals surface area contributed by atoms with Crippen molar-refractivity contribution in [2.24, 2.45) is 11.1 Å². The number of benzene rings is 1. The summed E-state index contributed by atoms with van der Waals surface area (Å²) < 4.78 is 28.6. The molecule has 21 heavy (non-hydrogen) atoms. The van der Waals surface area contributed by atoms with Crippen molar-refractivity contribution in [2.75, 3.05) is 30.8 Å². The molecular formula is C14H23N3O3S. The molecule has 1 aliphatic carbocycles. The van der Waals surface area contributed by atoms with Crippen molar-refractivity contribution in [3.63, 3.8) is 0 Å². The third-order valence-corrected chi connectivity index (χ3v) is 4.56. The highest BCUT2D eigenvalue weighted by Crippen LogP contribution is 2.29. The molecule has 6 nitrogen and oxygen atoms in total. The lowest BCUT2D eigenvalue weighted by atomic mass is 10.1. The van der Waals surface area contributed by atoms with Gasteiger partial charge in [-0.1, -0.05) is 0 Å². The predicted octanol–water partition coefficient (Wildman–Crippen LogP) is 1.45. The Morgan fingerprint density at radius 2 is 2.10 bits per heavy atom. The van der Waals surface area contributed by atoms with E-state index in [-0.39, 0.29) is 4.90 Å². The van der Waals surface area contributed by atoms with Crippen LogP contribution in [0.4, 0.5) is 11.4 Å². The second-order valence-electron chi connectivity index (χ2n) is 5.54. The van der Waals surface area contributed by atoms with Crippen molar-refractivity contribution >= 4 is 21.4 Å². The topological polar surface area (TPSA) is 107 Å². The average Bonchev–Trinajstić information content (AvgIpc) is 3.19. The largest absolute Gasteiger partial charge is 0.399 e. The molecule has 0 amide bonds. The molecule has 1 aliphatic rings. The maximum Gasteiger partial charge on any atom is 0.238 e. The molecule has 7 heteroatoms. The Balaban J connectivity index is 1.88. The van der Waals surface area contributed by atoms with Gasteiger partial charge in [0.25, 0.3) is 0 Å². The lowest BCUT2D eigenvalue weighted by Crippen LogP contribution is -2.16. The first-order chi connectivity index (χ1) is 9.88. The van der Waals surface area contributed by atoms with Crippen LogP contribution in [-0.2, 0) is 14.8 Å². The standard InChI is InChI=1S/C14H23N3O3S/c1-10-13(7-12(15)8-14(10)21(16,18)19)17-5-2-6-20-9-11-3-4-11/h7-8,11,17H,2-6,9,15H2,1H3,(H2,16,18,19). The molecule has 0 aliphatic heterocycles. The van der Waals surface area contributed by atoms with Crippen LogP contribution in [0, 0.1) is 12.8 Å². The Morgan fingerprint density at radius 3 is 2.71 bits per heavy atom. The fourth-order valence-corrected chi connectivity index (χ4v) is 2.96. The van der Waals surface area contributed by atoms with E-state index in [0.717, 1.165) is 18.9 Å². The summed E-state index contributed by atoms with van der Waals surface area (Å²) in [6.07, 6.45) is 3.43. The molecular weight excluding hydrogens is 290 g/mol. The smallest absolute Gasteiger partial charge is 0.238 e. The van der Waals surface area contributed by atoms with Gasteiger partial charge in [0.1, 0.15) is 0 Å². The molecule has 0 radical (unpaired) electrons. The fourth-order valence-electron chi connectivity index (χ4n) is 2.12. The maximum absolute atomic E-state index is 11.5. The number of hydrogen-bond donors (Lipinski definition) is 3. The molecule has 0 atom stereocenters. The zero-order valence-corrected chi connectivity index (χ0v) is 13.1. The van der Waals surface area contributed by atoms with Gasteiger partial charge in [-0.15, -0.1) is 0 Å².